The average Bonchev–Trinajstić information content (AvgIpc) is 3.12. The van der Waals surface area contributed by atoms with Crippen LogP contribution in [0, 0.1) is 28.6 Å². The molecule has 2 bridgehead atoms. The minimum atomic E-state index is -2.00. The van der Waals surface area contributed by atoms with Crippen molar-refractivity contribution in [1.29, 1.82) is 0 Å². The predicted octanol–water partition coefficient (Wildman–Crippen LogP) is 0.0958. The molecule has 32 heavy (non-hydrogen) atoms. The topological polar surface area (TPSA) is 148 Å². The van der Waals surface area contributed by atoms with E-state index in [9.17, 15) is 24.9 Å². The summed E-state index contributed by atoms with van der Waals surface area (Å²) >= 11 is 0. The molecule has 176 valence electrons. The smallest absolute Gasteiger partial charge is 0.334 e. The van der Waals surface area contributed by atoms with E-state index in [-0.39, 0.29) is 36.4 Å². The van der Waals surface area contributed by atoms with Gasteiger partial charge < -0.3 is 31.3 Å². The second-order valence-electron chi connectivity index (χ2n) is 9.85. The van der Waals surface area contributed by atoms with Crippen LogP contribution in [-0.4, -0.2) is 77.3 Å². The Morgan fingerprint density at radius 1 is 1.44 bits per heavy atom. The van der Waals surface area contributed by atoms with Crippen LogP contribution in [0.3, 0.4) is 0 Å². The van der Waals surface area contributed by atoms with Gasteiger partial charge in [0, 0.05) is 43.7 Å². The average molecular weight is 447 g/mol. The number of allylic oxidation sites excluding steroid dienone is 1. The Hall–Kier alpha value is -2.23. The molecule has 0 aromatic heterocycles. The van der Waals surface area contributed by atoms with Crippen LogP contribution in [0.25, 0.3) is 0 Å². The van der Waals surface area contributed by atoms with Crippen LogP contribution in [0.5, 0.6) is 0 Å². The van der Waals surface area contributed by atoms with Gasteiger partial charge in [-0.25, -0.2) is 4.79 Å². The van der Waals surface area contributed by atoms with E-state index in [2.05, 4.69) is 23.3 Å². The second kappa shape index (κ2) is 7.97. The first-order chi connectivity index (χ1) is 15.2. The highest BCUT2D eigenvalue weighted by molar-refractivity contribution is 5.98. The summed E-state index contributed by atoms with van der Waals surface area (Å²) in [7, 11) is 1.63. The highest BCUT2D eigenvalue weighted by Gasteiger charge is 2.75. The zero-order chi connectivity index (χ0) is 23.3. The number of hydrogen-bond acceptors (Lipinski definition) is 6. The normalized spacial score (nSPS) is 40.8. The molecule has 4 aliphatic rings. The summed E-state index contributed by atoms with van der Waals surface area (Å²) in [6.07, 6.45) is 6.94. The van der Waals surface area contributed by atoms with Crippen molar-refractivity contribution in [1.82, 2.24) is 10.2 Å². The van der Waals surface area contributed by atoms with E-state index < -0.39 is 22.4 Å². The molecule has 6 unspecified atom stereocenters. The Morgan fingerprint density at radius 3 is 2.81 bits per heavy atom. The molecule has 6 atom stereocenters. The van der Waals surface area contributed by atoms with Crippen molar-refractivity contribution in [3.63, 3.8) is 0 Å². The first-order valence-electron chi connectivity index (χ1n) is 11.4. The monoisotopic (exact) mass is 446 g/mol. The zero-order valence-electron chi connectivity index (χ0n) is 18.8. The van der Waals surface area contributed by atoms with Crippen molar-refractivity contribution in [2.24, 2.45) is 39.3 Å². The molecule has 1 aliphatic heterocycles. The molecule has 0 amide bonds. The van der Waals surface area contributed by atoms with Crippen LogP contribution >= 0.6 is 0 Å². The molecule has 0 radical (unpaired) electrons. The first kappa shape index (κ1) is 22.9. The van der Waals surface area contributed by atoms with Crippen molar-refractivity contribution < 1.29 is 24.9 Å². The van der Waals surface area contributed by atoms with Gasteiger partial charge in [-0.15, -0.1) is 0 Å². The number of rotatable bonds is 6. The summed E-state index contributed by atoms with van der Waals surface area (Å²) < 4.78 is 0. The summed E-state index contributed by atoms with van der Waals surface area (Å²) in [5.74, 6) is -0.534. The summed E-state index contributed by atoms with van der Waals surface area (Å²) in [6.45, 7) is 3.75. The molecule has 3 aliphatic carbocycles. The Labute approximate surface area is 188 Å². The third kappa shape index (κ3) is 2.84. The van der Waals surface area contributed by atoms with Crippen molar-refractivity contribution >= 4 is 18.2 Å². The highest BCUT2D eigenvalue weighted by atomic mass is 16.4. The second-order valence-corrected chi connectivity index (χ2v) is 9.85. The lowest BCUT2D eigenvalue weighted by molar-refractivity contribution is -0.141. The fourth-order valence-electron chi connectivity index (χ4n) is 7.64. The number of guanidine groups is 1. The van der Waals surface area contributed by atoms with E-state index in [1.165, 1.54) is 0 Å². The summed E-state index contributed by atoms with van der Waals surface area (Å²) in [5, 5.41) is 33.9. The van der Waals surface area contributed by atoms with Crippen LogP contribution in [0.2, 0.25) is 0 Å². The lowest BCUT2D eigenvalue weighted by atomic mass is 9.46. The number of carboxylic acids is 1. The zero-order valence-corrected chi connectivity index (χ0v) is 18.8. The number of aliphatic imine (C=N–C) groups is 1. The molecular formula is C23H34N4O5. The van der Waals surface area contributed by atoms with Gasteiger partial charge in [0.15, 0.2) is 17.8 Å². The van der Waals surface area contributed by atoms with E-state index in [1.807, 2.05) is 11.1 Å². The standard InChI is InChI=1S/C23H34N4O5/c1-14-3-4-15-9-17-18(19(30)31)21(32,13-29)11-22(14,17)23(15)12-27(20(24)25-2)7-5-16(23)10-26-6-8-28/h5,7,13-16,26,28,32H,3-4,6,8-12H2,1-2H3,(H2,24,25)(H,30,31). The van der Waals surface area contributed by atoms with Crippen LogP contribution < -0.4 is 11.1 Å². The van der Waals surface area contributed by atoms with E-state index in [4.69, 9.17) is 5.73 Å². The number of carboxylic acid groups (broad SMARTS) is 1. The summed E-state index contributed by atoms with van der Waals surface area (Å²) in [5.41, 5.74) is 3.76. The third-order valence-corrected chi connectivity index (χ3v) is 8.80. The minimum Gasteiger partial charge on any atom is -0.478 e. The van der Waals surface area contributed by atoms with Crippen molar-refractivity contribution in [2.45, 2.75) is 38.2 Å². The van der Waals surface area contributed by atoms with Gasteiger partial charge in [-0.05, 0) is 49.0 Å². The molecule has 4 rings (SSSR count). The molecule has 2 saturated carbocycles. The molecule has 6 N–H and O–H groups in total. The van der Waals surface area contributed by atoms with E-state index in [0.717, 1.165) is 18.4 Å². The predicted molar refractivity (Wildman–Crippen MR) is 119 cm³/mol. The molecule has 9 heteroatoms. The third-order valence-electron chi connectivity index (χ3n) is 8.80. The number of aliphatic hydroxyl groups is 2. The van der Waals surface area contributed by atoms with Crippen LogP contribution in [0.15, 0.2) is 28.4 Å². The quantitative estimate of drug-likeness (QED) is 0.167. The van der Waals surface area contributed by atoms with Crippen LogP contribution in [0.1, 0.15) is 32.6 Å². The summed E-state index contributed by atoms with van der Waals surface area (Å²) in [4.78, 5) is 30.5. The number of nitrogens with two attached hydrogens (primary N) is 1. The van der Waals surface area contributed by atoms with Crippen LogP contribution in [-0.2, 0) is 9.59 Å². The molecule has 9 nitrogen and oxygen atoms in total. The molecule has 0 aromatic carbocycles. The molecule has 0 aromatic rings. The van der Waals surface area contributed by atoms with Gasteiger partial charge in [-0.2, -0.15) is 0 Å². The minimum absolute atomic E-state index is 0.0178. The first-order valence-corrected chi connectivity index (χ1v) is 11.4. The van der Waals surface area contributed by atoms with E-state index in [0.29, 0.717) is 38.3 Å². The van der Waals surface area contributed by atoms with Gasteiger partial charge in [0.2, 0.25) is 0 Å². The maximum Gasteiger partial charge on any atom is 0.334 e. The number of nitrogens with zero attached hydrogens (tertiary/aromatic N) is 2. The van der Waals surface area contributed by atoms with Crippen molar-refractivity contribution in [2.75, 3.05) is 33.3 Å². The lowest BCUT2D eigenvalue weighted by Crippen LogP contribution is -2.62. The van der Waals surface area contributed by atoms with E-state index in [1.54, 1.807) is 7.05 Å². The number of aliphatic carboxylic acids is 1. The van der Waals surface area contributed by atoms with Crippen molar-refractivity contribution in [3.8, 4) is 0 Å². The number of carbonyl (C=O) groups excluding carboxylic acids is 1. The van der Waals surface area contributed by atoms with Crippen molar-refractivity contribution in [3.05, 3.63) is 23.4 Å². The number of hydrogen-bond donors (Lipinski definition) is 5. The maximum absolute atomic E-state index is 12.3. The number of aldehydes is 1. The van der Waals surface area contributed by atoms with Gasteiger partial charge in [0.25, 0.3) is 0 Å². The number of nitrogens with one attached hydrogen (secondary N) is 1. The Balaban J connectivity index is 1.94. The maximum atomic E-state index is 12.3. The van der Waals surface area contributed by atoms with Crippen LogP contribution in [0.4, 0.5) is 0 Å². The molecule has 2 spiro atoms. The molecule has 2 fully saturated rings. The lowest BCUT2D eigenvalue weighted by Gasteiger charge is -2.60. The molecular weight excluding hydrogens is 412 g/mol. The number of carbonyl (C=O) groups is 2. The van der Waals surface area contributed by atoms with Gasteiger partial charge in [0.05, 0.1) is 12.2 Å². The van der Waals surface area contributed by atoms with Gasteiger partial charge in [0.1, 0.15) is 0 Å². The Morgan fingerprint density at radius 2 is 2.19 bits per heavy atom. The van der Waals surface area contributed by atoms with Gasteiger partial charge in [-0.3, -0.25) is 9.79 Å². The largest absolute Gasteiger partial charge is 0.478 e. The summed E-state index contributed by atoms with van der Waals surface area (Å²) in [6, 6.07) is 0. The highest BCUT2D eigenvalue weighted by Crippen LogP contribution is 2.76. The van der Waals surface area contributed by atoms with Gasteiger partial charge in [-0.1, -0.05) is 13.0 Å². The molecule has 0 saturated heterocycles. The fourth-order valence-corrected chi connectivity index (χ4v) is 7.64. The van der Waals surface area contributed by atoms with E-state index >= 15 is 0 Å². The fraction of sp³-hybridized carbons (Fsp3) is 0.696. The molecule has 1 heterocycles. The SMILES string of the molecule is CN=C(N)N1C=CC(CNCCO)C2(C1)C1CCC(C)C23CC(O)(C=O)C(C(=O)O)=C3C1. The Kier molecular flexibility index (Phi) is 5.71. The van der Waals surface area contributed by atoms with Gasteiger partial charge >= 0.3 is 5.97 Å². The Bertz CT molecular complexity index is 901. The number of aliphatic hydroxyl groups excluding tert-OH is 1.